The lowest BCUT2D eigenvalue weighted by atomic mass is 10.1. The van der Waals surface area contributed by atoms with Gasteiger partial charge in [0.2, 0.25) is 5.91 Å². The number of nitrogens with zero attached hydrogens (tertiary/aromatic N) is 4. The third kappa shape index (κ3) is 2.89. The number of hydrogen-bond acceptors (Lipinski definition) is 5. The number of imidazole rings is 1. The van der Waals surface area contributed by atoms with Crippen molar-refractivity contribution >= 4 is 22.8 Å². The summed E-state index contributed by atoms with van der Waals surface area (Å²) in [5.41, 5.74) is 2.11. The Balaban J connectivity index is 1.51. The van der Waals surface area contributed by atoms with Crippen LogP contribution in [0.4, 0.5) is 0 Å². The number of amides is 2. The van der Waals surface area contributed by atoms with Crippen LogP contribution in [-0.2, 0) is 4.79 Å². The number of carbonyl (C=O) groups is 2. The van der Waals surface area contributed by atoms with Crippen LogP contribution in [0.25, 0.3) is 11.0 Å². The van der Waals surface area contributed by atoms with E-state index in [-0.39, 0.29) is 23.9 Å². The molecule has 4 rings (SSSR count). The minimum atomic E-state index is -0.748. The summed E-state index contributed by atoms with van der Waals surface area (Å²) in [4.78, 5) is 38.8. The van der Waals surface area contributed by atoms with Gasteiger partial charge < -0.3 is 19.9 Å². The second-order valence-electron chi connectivity index (χ2n) is 7.74. The van der Waals surface area contributed by atoms with Gasteiger partial charge in [0.25, 0.3) is 5.91 Å². The van der Waals surface area contributed by atoms with Crippen molar-refractivity contribution in [1.82, 2.24) is 24.7 Å². The number of H-pyrrole nitrogens is 1. The number of likely N-dealkylation sites (N-methyl/N-ethyl adjacent to an activating group) is 1. The second-order valence-corrected chi connectivity index (χ2v) is 7.74. The fourth-order valence-electron chi connectivity index (χ4n) is 4.51. The van der Waals surface area contributed by atoms with E-state index in [1.54, 1.807) is 38.3 Å². The van der Waals surface area contributed by atoms with Crippen LogP contribution in [0.5, 0.6) is 0 Å². The summed E-state index contributed by atoms with van der Waals surface area (Å²) in [6.07, 6.45) is 1.63. The van der Waals surface area contributed by atoms with Crippen molar-refractivity contribution in [3.05, 3.63) is 30.1 Å². The van der Waals surface area contributed by atoms with Crippen molar-refractivity contribution in [2.45, 2.75) is 37.6 Å². The molecule has 144 valence electrons. The molecule has 4 atom stereocenters. The van der Waals surface area contributed by atoms with Crippen LogP contribution in [0.3, 0.4) is 0 Å². The number of rotatable bonds is 4. The molecule has 8 heteroatoms. The number of nitrogens with one attached hydrogen (secondary N) is 1. The maximum absolute atomic E-state index is 13.1. The zero-order chi connectivity index (χ0) is 19.3. The molecule has 2 aliphatic rings. The maximum atomic E-state index is 13.1. The fourth-order valence-corrected chi connectivity index (χ4v) is 4.51. The normalized spacial score (nSPS) is 24.0. The third-order valence-corrected chi connectivity index (χ3v) is 5.73. The highest BCUT2D eigenvalue weighted by Crippen LogP contribution is 2.33. The lowest BCUT2D eigenvalue weighted by molar-refractivity contribution is -0.141. The molecule has 2 saturated heterocycles. The van der Waals surface area contributed by atoms with Gasteiger partial charge in [0.1, 0.15) is 11.6 Å². The fraction of sp³-hybridized carbons (Fsp3) is 0.526. The summed E-state index contributed by atoms with van der Waals surface area (Å²) in [5.74, 6) is -0.101. The number of aliphatic hydroxyl groups is 1. The molecule has 8 nitrogen and oxygen atoms in total. The Morgan fingerprint density at radius 2 is 1.96 bits per heavy atom. The Morgan fingerprint density at radius 3 is 2.59 bits per heavy atom. The molecule has 1 aromatic carbocycles. The zero-order valence-corrected chi connectivity index (χ0v) is 15.8. The van der Waals surface area contributed by atoms with E-state index in [2.05, 4.69) is 9.97 Å². The molecule has 0 aliphatic carbocycles. The average Bonchev–Trinajstić information content (AvgIpc) is 3.34. The first-order valence-corrected chi connectivity index (χ1v) is 9.26. The van der Waals surface area contributed by atoms with Crippen molar-refractivity contribution in [2.75, 3.05) is 27.2 Å². The average molecular weight is 371 g/mol. The summed E-state index contributed by atoms with van der Waals surface area (Å²) in [5, 5.41) is 9.99. The molecule has 1 aromatic heterocycles. The summed E-state index contributed by atoms with van der Waals surface area (Å²) in [7, 11) is 3.59. The molecule has 2 N–H and O–H groups in total. The highest BCUT2D eigenvalue weighted by Gasteiger charge is 2.49. The first-order valence-electron chi connectivity index (χ1n) is 9.26. The van der Waals surface area contributed by atoms with Crippen LogP contribution in [0.15, 0.2) is 24.5 Å². The summed E-state index contributed by atoms with van der Waals surface area (Å²) >= 11 is 0. The van der Waals surface area contributed by atoms with Gasteiger partial charge in [0, 0.05) is 13.1 Å². The highest BCUT2D eigenvalue weighted by molar-refractivity contribution is 6.05. The second kappa shape index (κ2) is 6.61. The van der Waals surface area contributed by atoms with E-state index in [9.17, 15) is 14.7 Å². The zero-order valence-electron chi connectivity index (χ0n) is 15.8. The Hall–Kier alpha value is -2.45. The van der Waals surface area contributed by atoms with Gasteiger partial charge in [-0.15, -0.1) is 0 Å². The van der Waals surface area contributed by atoms with Crippen LogP contribution in [-0.4, -0.2) is 93.0 Å². The van der Waals surface area contributed by atoms with Crippen LogP contribution in [0.1, 0.15) is 23.7 Å². The Labute approximate surface area is 157 Å². The molecule has 0 radical (unpaired) electrons. The predicted octanol–water partition coefficient (Wildman–Crippen LogP) is 0.299. The number of benzene rings is 1. The van der Waals surface area contributed by atoms with Crippen molar-refractivity contribution in [1.29, 1.82) is 0 Å². The van der Waals surface area contributed by atoms with E-state index in [1.807, 2.05) is 21.9 Å². The van der Waals surface area contributed by atoms with E-state index in [0.717, 1.165) is 11.9 Å². The summed E-state index contributed by atoms with van der Waals surface area (Å²) < 4.78 is 0. The number of likely N-dealkylation sites (tertiary alicyclic amines) is 2. The van der Waals surface area contributed by atoms with Crippen LogP contribution in [0, 0.1) is 0 Å². The smallest absolute Gasteiger partial charge is 0.256 e. The lowest BCUT2D eigenvalue weighted by Gasteiger charge is -2.38. The maximum Gasteiger partial charge on any atom is 0.256 e. The molecule has 2 amide bonds. The number of hydrogen-bond donors (Lipinski definition) is 2. The van der Waals surface area contributed by atoms with Gasteiger partial charge in [-0.2, -0.15) is 0 Å². The molecule has 2 fully saturated rings. The van der Waals surface area contributed by atoms with Gasteiger partial charge in [-0.25, -0.2) is 4.98 Å². The van der Waals surface area contributed by atoms with E-state index in [0.29, 0.717) is 24.2 Å². The SMILES string of the molecule is C[C@H](O)[C@@H](C(=O)N1C[C@@H]2C[C@H]1CN2C(=O)c1cccc2[nH]cnc12)N(C)C. The molecule has 27 heavy (non-hydrogen) atoms. The number of aliphatic hydroxyl groups excluding tert-OH is 1. The standard InChI is InChI=1S/C19H25N5O3/c1-11(25)17(22(2)3)19(27)24-9-12-7-13(24)8-23(12)18(26)14-5-4-6-15-16(14)21-10-20-15/h4-6,10-13,17,25H,7-9H2,1-3H3,(H,20,21)/t11-,12-,13-,17-/m0/s1. The Morgan fingerprint density at radius 1 is 1.26 bits per heavy atom. The van der Waals surface area contributed by atoms with Gasteiger partial charge in [0.15, 0.2) is 0 Å². The minimum absolute atomic E-state index is 0.00559. The molecule has 0 unspecified atom stereocenters. The van der Waals surface area contributed by atoms with Crippen molar-refractivity contribution < 1.29 is 14.7 Å². The topological polar surface area (TPSA) is 92.8 Å². The molecular formula is C19H25N5O3. The summed E-state index contributed by atoms with van der Waals surface area (Å²) in [6, 6.07) is 5.00. The molecular weight excluding hydrogens is 346 g/mol. The highest BCUT2D eigenvalue weighted by atomic mass is 16.3. The van der Waals surface area contributed by atoms with Gasteiger partial charge >= 0.3 is 0 Å². The van der Waals surface area contributed by atoms with E-state index in [4.69, 9.17) is 0 Å². The predicted molar refractivity (Wildman–Crippen MR) is 100 cm³/mol. The van der Waals surface area contributed by atoms with Gasteiger partial charge in [-0.05, 0) is 39.6 Å². The molecule has 2 aromatic rings. The minimum Gasteiger partial charge on any atom is -0.391 e. The molecule has 3 heterocycles. The first kappa shape index (κ1) is 17.9. The van der Waals surface area contributed by atoms with Crippen LogP contribution in [0.2, 0.25) is 0 Å². The molecule has 2 bridgehead atoms. The first-order chi connectivity index (χ1) is 12.9. The van der Waals surface area contributed by atoms with Crippen LogP contribution >= 0.6 is 0 Å². The van der Waals surface area contributed by atoms with Crippen LogP contribution < -0.4 is 0 Å². The number of para-hydroxylation sites is 1. The number of piperazine rings is 1. The number of aromatic nitrogens is 2. The van der Waals surface area contributed by atoms with E-state index >= 15 is 0 Å². The lowest BCUT2D eigenvalue weighted by Crippen LogP contribution is -2.57. The van der Waals surface area contributed by atoms with Crippen molar-refractivity contribution in [2.24, 2.45) is 0 Å². The molecule has 0 saturated carbocycles. The van der Waals surface area contributed by atoms with Crippen molar-refractivity contribution in [3.8, 4) is 0 Å². The Bertz CT molecular complexity index is 869. The van der Waals surface area contributed by atoms with E-state index in [1.165, 1.54) is 0 Å². The summed E-state index contributed by atoms with van der Waals surface area (Å²) in [6.45, 7) is 2.68. The monoisotopic (exact) mass is 371 g/mol. The number of aromatic amines is 1. The molecule has 2 aliphatic heterocycles. The van der Waals surface area contributed by atoms with Gasteiger partial charge in [-0.3, -0.25) is 14.5 Å². The van der Waals surface area contributed by atoms with Gasteiger partial charge in [-0.1, -0.05) is 6.07 Å². The van der Waals surface area contributed by atoms with Gasteiger partial charge in [0.05, 0.1) is 35.6 Å². The largest absolute Gasteiger partial charge is 0.391 e. The number of carbonyl (C=O) groups excluding carboxylic acids is 2. The molecule has 0 spiro atoms. The third-order valence-electron chi connectivity index (χ3n) is 5.73. The number of fused-ring (bicyclic) bond motifs is 3. The Kier molecular flexibility index (Phi) is 4.39. The quantitative estimate of drug-likeness (QED) is 0.806. The van der Waals surface area contributed by atoms with E-state index < -0.39 is 12.1 Å². The van der Waals surface area contributed by atoms with Crippen molar-refractivity contribution in [3.63, 3.8) is 0 Å².